The number of alkyl halides is 3. The first-order valence-electron chi connectivity index (χ1n) is 4.19. The maximum Gasteiger partial charge on any atom is 0.396 e. The van der Waals surface area contributed by atoms with Gasteiger partial charge in [-0.05, 0) is 6.92 Å². The van der Waals surface area contributed by atoms with E-state index in [0.717, 1.165) is 4.57 Å². The highest BCUT2D eigenvalue weighted by Gasteiger charge is 2.31. The highest BCUT2D eigenvalue weighted by Crippen LogP contribution is 2.21. The van der Waals surface area contributed by atoms with Gasteiger partial charge in [-0.15, -0.1) is 0 Å². The molecule has 1 atom stereocenters. The van der Waals surface area contributed by atoms with E-state index in [4.69, 9.17) is 5.73 Å². The molecule has 0 aliphatic heterocycles. The SMILES string of the molecule is CC(C(N)=O)n1ccnc1CC(F)(F)F. The van der Waals surface area contributed by atoms with Gasteiger partial charge in [0.2, 0.25) is 5.91 Å². The van der Waals surface area contributed by atoms with E-state index in [1.165, 1.54) is 19.3 Å². The van der Waals surface area contributed by atoms with Crippen LogP contribution in [0.3, 0.4) is 0 Å². The number of imidazole rings is 1. The molecule has 1 unspecified atom stereocenters. The second kappa shape index (κ2) is 3.92. The van der Waals surface area contributed by atoms with Gasteiger partial charge in [0.1, 0.15) is 18.3 Å². The number of aromatic nitrogens is 2. The molecule has 0 radical (unpaired) electrons. The van der Waals surface area contributed by atoms with E-state index in [-0.39, 0.29) is 5.82 Å². The first kappa shape index (κ1) is 11.5. The number of hydrogen-bond donors (Lipinski definition) is 1. The zero-order chi connectivity index (χ0) is 11.6. The van der Waals surface area contributed by atoms with Gasteiger partial charge in [-0.1, -0.05) is 0 Å². The van der Waals surface area contributed by atoms with Crippen molar-refractivity contribution in [1.29, 1.82) is 0 Å². The topological polar surface area (TPSA) is 60.9 Å². The monoisotopic (exact) mass is 221 g/mol. The molecule has 0 spiro atoms. The summed E-state index contributed by atoms with van der Waals surface area (Å²) in [7, 11) is 0. The average molecular weight is 221 g/mol. The second-order valence-corrected chi connectivity index (χ2v) is 3.12. The summed E-state index contributed by atoms with van der Waals surface area (Å²) < 4.78 is 37.4. The summed E-state index contributed by atoms with van der Waals surface area (Å²) in [6.45, 7) is 1.42. The Labute approximate surface area is 83.9 Å². The zero-order valence-electron chi connectivity index (χ0n) is 7.95. The number of carbonyl (C=O) groups excluding carboxylic acids is 1. The highest BCUT2D eigenvalue weighted by molar-refractivity contribution is 5.77. The molecule has 0 aliphatic carbocycles. The second-order valence-electron chi connectivity index (χ2n) is 3.12. The van der Waals surface area contributed by atoms with Gasteiger partial charge >= 0.3 is 6.18 Å². The maximum absolute atomic E-state index is 12.1. The molecule has 0 fully saturated rings. The third-order valence-corrected chi connectivity index (χ3v) is 1.94. The first-order chi connectivity index (χ1) is 6.81. The fraction of sp³-hybridized carbons (Fsp3) is 0.500. The van der Waals surface area contributed by atoms with Crippen molar-refractivity contribution in [2.45, 2.75) is 25.6 Å². The lowest BCUT2D eigenvalue weighted by Gasteiger charge is -2.13. The number of carbonyl (C=O) groups is 1. The molecule has 1 rings (SSSR count). The molecule has 1 aromatic rings. The number of halogens is 3. The Bertz CT molecular complexity index is 358. The Morgan fingerprint density at radius 1 is 1.67 bits per heavy atom. The molecule has 0 bridgehead atoms. The molecule has 0 saturated heterocycles. The predicted molar refractivity (Wildman–Crippen MR) is 45.9 cm³/mol. The summed E-state index contributed by atoms with van der Waals surface area (Å²) in [6.07, 6.45) is -3.00. The van der Waals surface area contributed by atoms with Gasteiger partial charge < -0.3 is 10.3 Å². The van der Waals surface area contributed by atoms with E-state index in [2.05, 4.69) is 4.98 Å². The number of nitrogens with two attached hydrogens (primary N) is 1. The molecule has 7 heteroatoms. The molecule has 0 aliphatic rings. The average Bonchev–Trinajstić information content (AvgIpc) is 2.47. The van der Waals surface area contributed by atoms with Crippen LogP contribution in [-0.4, -0.2) is 21.6 Å². The van der Waals surface area contributed by atoms with E-state index < -0.39 is 24.5 Å². The van der Waals surface area contributed by atoms with Crippen LogP contribution in [0.5, 0.6) is 0 Å². The van der Waals surface area contributed by atoms with Crippen molar-refractivity contribution in [3.8, 4) is 0 Å². The normalized spacial score (nSPS) is 13.9. The molecular weight excluding hydrogens is 211 g/mol. The van der Waals surface area contributed by atoms with Gasteiger partial charge in [0.15, 0.2) is 0 Å². The number of nitrogens with zero attached hydrogens (tertiary/aromatic N) is 2. The highest BCUT2D eigenvalue weighted by atomic mass is 19.4. The van der Waals surface area contributed by atoms with Crippen molar-refractivity contribution in [2.24, 2.45) is 5.73 Å². The molecule has 84 valence electrons. The lowest BCUT2D eigenvalue weighted by atomic mass is 10.3. The molecule has 0 saturated carbocycles. The van der Waals surface area contributed by atoms with Crippen molar-refractivity contribution in [3.05, 3.63) is 18.2 Å². The summed E-state index contributed by atoms with van der Waals surface area (Å²) >= 11 is 0. The third-order valence-electron chi connectivity index (χ3n) is 1.94. The fourth-order valence-corrected chi connectivity index (χ4v) is 1.15. The quantitative estimate of drug-likeness (QED) is 0.828. The van der Waals surface area contributed by atoms with Crippen molar-refractivity contribution < 1.29 is 18.0 Å². The summed E-state index contributed by atoms with van der Waals surface area (Å²) in [5.74, 6) is -0.912. The molecule has 2 N–H and O–H groups in total. The Morgan fingerprint density at radius 3 is 2.73 bits per heavy atom. The lowest BCUT2D eigenvalue weighted by molar-refractivity contribution is -0.130. The van der Waals surface area contributed by atoms with Crippen molar-refractivity contribution in [1.82, 2.24) is 9.55 Å². The van der Waals surface area contributed by atoms with Crippen LogP contribution in [0.25, 0.3) is 0 Å². The van der Waals surface area contributed by atoms with Gasteiger partial charge in [0.05, 0.1) is 0 Å². The standard InChI is InChI=1S/C8H10F3N3O/c1-5(7(12)15)14-3-2-13-6(14)4-8(9,10)11/h2-3,5H,4H2,1H3,(H2,12,15). The van der Waals surface area contributed by atoms with E-state index in [9.17, 15) is 18.0 Å². The van der Waals surface area contributed by atoms with Crippen LogP contribution in [-0.2, 0) is 11.2 Å². The van der Waals surface area contributed by atoms with Crippen molar-refractivity contribution in [3.63, 3.8) is 0 Å². The molecular formula is C8H10F3N3O. The minimum atomic E-state index is -4.35. The molecule has 15 heavy (non-hydrogen) atoms. The van der Waals surface area contributed by atoms with Crippen LogP contribution < -0.4 is 5.73 Å². The molecule has 1 aromatic heterocycles. The van der Waals surface area contributed by atoms with Gasteiger partial charge in [0, 0.05) is 12.4 Å². The first-order valence-corrected chi connectivity index (χ1v) is 4.19. The van der Waals surface area contributed by atoms with E-state index in [0.29, 0.717) is 0 Å². The zero-order valence-corrected chi connectivity index (χ0v) is 7.95. The van der Waals surface area contributed by atoms with Crippen LogP contribution in [0.1, 0.15) is 18.8 Å². The summed E-state index contributed by atoms with van der Waals surface area (Å²) in [4.78, 5) is 14.3. The van der Waals surface area contributed by atoms with E-state index >= 15 is 0 Å². The summed E-state index contributed by atoms with van der Waals surface area (Å²) in [5.41, 5.74) is 4.99. The van der Waals surface area contributed by atoms with Gasteiger partial charge in [-0.25, -0.2) is 4.98 Å². The minimum absolute atomic E-state index is 0.214. The fourth-order valence-electron chi connectivity index (χ4n) is 1.15. The largest absolute Gasteiger partial charge is 0.396 e. The van der Waals surface area contributed by atoms with E-state index in [1.54, 1.807) is 0 Å². The van der Waals surface area contributed by atoms with Crippen LogP contribution in [0, 0.1) is 0 Å². The Balaban J connectivity index is 2.92. The molecule has 1 heterocycles. The molecule has 0 aromatic carbocycles. The summed E-state index contributed by atoms with van der Waals surface area (Å²) in [6, 6.07) is -0.829. The smallest absolute Gasteiger partial charge is 0.368 e. The predicted octanol–water partition coefficient (Wildman–Crippen LogP) is 1.03. The summed E-state index contributed by atoms with van der Waals surface area (Å²) in [5, 5.41) is 0. The Hall–Kier alpha value is -1.53. The number of rotatable bonds is 3. The van der Waals surface area contributed by atoms with Gasteiger partial charge in [-0.2, -0.15) is 13.2 Å². The maximum atomic E-state index is 12.1. The van der Waals surface area contributed by atoms with Crippen LogP contribution in [0.15, 0.2) is 12.4 Å². The van der Waals surface area contributed by atoms with Crippen LogP contribution in [0.2, 0.25) is 0 Å². The number of hydrogen-bond acceptors (Lipinski definition) is 2. The van der Waals surface area contributed by atoms with E-state index in [1.807, 2.05) is 0 Å². The van der Waals surface area contributed by atoms with Gasteiger partial charge in [-0.3, -0.25) is 4.79 Å². The van der Waals surface area contributed by atoms with Crippen LogP contribution in [0.4, 0.5) is 13.2 Å². The van der Waals surface area contributed by atoms with Gasteiger partial charge in [0.25, 0.3) is 0 Å². The third kappa shape index (κ3) is 2.97. The minimum Gasteiger partial charge on any atom is -0.368 e. The van der Waals surface area contributed by atoms with Crippen molar-refractivity contribution in [2.75, 3.05) is 0 Å². The molecule has 4 nitrogen and oxygen atoms in total. The molecule has 1 amide bonds. The lowest BCUT2D eigenvalue weighted by Crippen LogP contribution is -2.26. The Kier molecular flexibility index (Phi) is 3.01. The number of amides is 1. The van der Waals surface area contributed by atoms with Crippen LogP contribution >= 0.6 is 0 Å². The Morgan fingerprint density at radius 2 is 2.27 bits per heavy atom. The van der Waals surface area contributed by atoms with Crippen molar-refractivity contribution >= 4 is 5.91 Å². The number of primary amides is 1.